The largest absolute Gasteiger partial charge is 0.337 e. The molecule has 1 saturated heterocycles. The van der Waals surface area contributed by atoms with Gasteiger partial charge in [-0.15, -0.1) is 0 Å². The summed E-state index contributed by atoms with van der Waals surface area (Å²) in [5.74, 6) is 2.19. The van der Waals surface area contributed by atoms with Gasteiger partial charge in [-0.3, -0.25) is 9.69 Å². The number of hydrogen-bond donors (Lipinski definition) is 1. The lowest BCUT2D eigenvalue weighted by Crippen LogP contribution is -2.35. The molecular weight excluding hydrogens is 266 g/mol. The van der Waals surface area contributed by atoms with Crippen LogP contribution in [-0.4, -0.2) is 37.5 Å². The molecule has 1 fully saturated rings. The summed E-state index contributed by atoms with van der Waals surface area (Å²) in [4.78, 5) is 25.8. The second-order valence-electron chi connectivity index (χ2n) is 5.80. The maximum atomic E-state index is 11.6. The monoisotopic (exact) mass is 287 g/mol. The molecule has 1 atom stereocenters. The topological polar surface area (TPSA) is 66.8 Å². The highest BCUT2D eigenvalue weighted by atomic mass is 16.1. The van der Waals surface area contributed by atoms with Gasteiger partial charge in [0.15, 0.2) is 0 Å². The lowest BCUT2D eigenvalue weighted by molar-refractivity contribution is 0.190. The van der Waals surface area contributed by atoms with Crippen LogP contribution < -0.4 is 5.56 Å². The Labute approximate surface area is 123 Å². The van der Waals surface area contributed by atoms with Crippen LogP contribution in [0, 0.1) is 6.92 Å². The summed E-state index contributed by atoms with van der Waals surface area (Å²) in [6.07, 6.45) is 5.99. The number of likely N-dealkylation sites (tertiary alicyclic amines) is 1. The van der Waals surface area contributed by atoms with Gasteiger partial charge in [-0.1, -0.05) is 0 Å². The summed E-state index contributed by atoms with van der Waals surface area (Å²) in [7, 11) is 2.02. The van der Waals surface area contributed by atoms with Gasteiger partial charge in [0.2, 0.25) is 0 Å². The van der Waals surface area contributed by atoms with Gasteiger partial charge in [0.1, 0.15) is 11.6 Å². The summed E-state index contributed by atoms with van der Waals surface area (Å²) in [6.45, 7) is 4.70. The molecule has 0 radical (unpaired) electrons. The number of nitrogens with zero attached hydrogens (tertiary/aromatic N) is 4. The van der Waals surface area contributed by atoms with Crippen molar-refractivity contribution in [2.75, 3.05) is 13.1 Å². The van der Waals surface area contributed by atoms with Crippen LogP contribution in [0.2, 0.25) is 0 Å². The summed E-state index contributed by atoms with van der Waals surface area (Å²) in [6, 6.07) is 1.54. The fourth-order valence-corrected chi connectivity index (χ4v) is 2.97. The molecule has 1 N–H and O–H groups in total. The minimum atomic E-state index is -0.0567. The van der Waals surface area contributed by atoms with Crippen molar-refractivity contribution in [2.45, 2.75) is 32.2 Å². The van der Waals surface area contributed by atoms with Crippen LogP contribution in [0.4, 0.5) is 0 Å². The van der Waals surface area contributed by atoms with Crippen LogP contribution in [0.25, 0.3) is 0 Å². The average Bonchev–Trinajstić information content (AvgIpc) is 2.84. The third-order valence-electron chi connectivity index (χ3n) is 4.07. The number of rotatable bonds is 3. The van der Waals surface area contributed by atoms with Crippen LogP contribution in [0.1, 0.15) is 36.1 Å². The van der Waals surface area contributed by atoms with E-state index < -0.39 is 0 Å². The number of aromatic nitrogens is 4. The summed E-state index contributed by atoms with van der Waals surface area (Å²) < 4.78 is 2.05. The van der Waals surface area contributed by atoms with Gasteiger partial charge in [0.25, 0.3) is 5.56 Å². The van der Waals surface area contributed by atoms with Gasteiger partial charge in [-0.05, 0) is 26.3 Å². The highest BCUT2D eigenvalue weighted by Crippen LogP contribution is 2.24. The number of imidazole rings is 1. The Morgan fingerprint density at radius 1 is 1.48 bits per heavy atom. The number of hydrogen-bond acceptors (Lipinski definition) is 4. The van der Waals surface area contributed by atoms with E-state index in [1.807, 2.05) is 26.4 Å². The van der Waals surface area contributed by atoms with Gasteiger partial charge >= 0.3 is 0 Å². The predicted molar refractivity (Wildman–Crippen MR) is 80.1 cm³/mol. The minimum absolute atomic E-state index is 0.0567. The molecule has 1 aliphatic heterocycles. The van der Waals surface area contributed by atoms with Crippen LogP contribution in [0.15, 0.2) is 23.3 Å². The molecule has 1 unspecified atom stereocenters. The Bertz CT molecular complexity index is 675. The smallest absolute Gasteiger partial charge is 0.251 e. The van der Waals surface area contributed by atoms with E-state index in [1.54, 1.807) is 0 Å². The van der Waals surface area contributed by atoms with Crippen LogP contribution in [0.3, 0.4) is 0 Å². The van der Waals surface area contributed by atoms with Crippen molar-refractivity contribution in [1.29, 1.82) is 0 Å². The SMILES string of the molecule is Cc1cc(=O)[nH]c(C2CCCN(Cc3nccn3C)C2)n1. The molecule has 2 aromatic rings. The fraction of sp³-hybridized carbons (Fsp3) is 0.533. The molecule has 0 saturated carbocycles. The van der Waals surface area contributed by atoms with E-state index >= 15 is 0 Å². The maximum Gasteiger partial charge on any atom is 0.251 e. The van der Waals surface area contributed by atoms with Gasteiger partial charge in [0, 0.05) is 43.7 Å². The zero-order valence-electron chi connectivity index (χ0n) is 12.5. The Morgan fingerprint density at radius 2 is 2.33 bits per heavy atom. The van der Waals surface area contributed by atoms with Gasteiger partial charge in [0.05, 0.1) is 6.54 Å². The molecule has 6 heteroatoms. The predicted octanol–water partition coefficient (Wildman–Crippen LogP) is 1.19. The third kappa shape index (κ3) is 3.21. The second-order valence-corrected chi connectivity index (χ2v) is 5.80. The van der Waals surface area contributed by atoms with Crippen molar-refractivity contribution in [2.24, 2.45) is 7.05 Å². The standard InChI is InChI=1S/C15H21N5O/c1-11-8-14(21)18-15(17-11)12-4-3-6-20(9-12)10-13-16-5-7-19(13)2/h5,7-8,12H,3-4,6,9-10H2,1-2H3,(H,17,18,21). The van der Waals surface area contributed by atoms with Crippen molar-refractivity contribution >= 4 is 0 Å². The van der Waals surface area contributed by atoms with Gasteiger partial charge in [-0.25, -0.2) is 9.97 Å². The molecule has 0 spiro atoms. The third-order valence-corrected chi connectivity index (χ3v) is 4.07. The van der Waals surface area contributed by atoms with E-state index in [-0.39, 0.29) is 5.56 Å². The molecule has 0 aliphatic carbocycles. The Morgan fingerprint density at radius 3 is 3.05 bits per heavy atom. The first kappa shape index (κ1) is 14.0. The lowest BCUT2D eigenvalue weighted by atomic mass is 9.97. The first-order valence-corrected chi connectivity index (χ1v) is 7.38. The van der Waals surface area contributed by atoms with E-state index in [9.17, 15) is 4.79 Å². The summed E-state index contributed by atoms with van der Waals surface area (Å²) >= 11 is 0. The highest BCUT2D eigenvalue weighted by molar-refractivity contribution is 5.06. The average molecular weight is 287 g/mol. The number of piperidine rings is 1. The Hall–Kier alpha value is -1.95. The van der Waals surface area contributed by atoms with Crippen molar-refractivity contribution in [3.05, 3.63) is 46.2 Å². The second kappa shape index (κ2) is 5.81. The molecule has 3 heterocycles. The molecule has 6 nitrogen and oxygen atoms in total. The molecule has 112 valence electrons. The van der Waals surface area contributed by atoms with E-state index in [2.05, 4.69) is 24.4 Å². The Kier molecular flexibility index (Phi) is 3.88. The lowest BCUT2D eigenvalue weighted by Gasteiger charge is -2.31. The number of H-pyrrole nitrogens is 1. The molecule has 0 bridgehead atoms. The summed E-state index contributed by atoms with van der Waals surface area (Å²) in [5, 5.41) is 0. The van der Waals surface area contributed by atoms with Crippen molar-refractivity contribution < 1.29 is 0 Å². The molecule has 0 amide bonds. The first-order valence-electron chi connectivity index (χ1n) is 7.38. The Balaban J connectivity index is 1.73. The molecule has 21 heavy (non-hydrogen) atoms. The quantitative estimate of drug-likeness (QED) is 0.921. The summed E-state index contributed by atoms with van der Waals surface area (Å²) in [5.41, 5.74) is 0.730. The van der Waals surface area contributed by atoms with E-state index in [1.165, 1.54) is 6.07 Å². The maximum absolute atomic E-state index is 11.6. The van der Waals surface area contributed by atoms with Crippen molar-refractivity contribution in [3.63, 3.8) is 0 Å². The normalized spacial score (nSPS) is 19.8. The van der Waals surface area contributed by atoms with Crippen LogP contribution in [0.5, 0.6) is 0 Å². The van der Waals surface area contributed by atoms with E-state index in [0.29, 0.717) is 5.92 Å². The van der Waals surface area contributed by atoms with Crippen LogP contribution >= 0.6 is 0 Å². The number of aromatic amines is 1. The molecule has 2 aromatic heterocycles. The first-order chi connectivity index (χ1) is 10.1. The molecule has 1 aliphatic rings. The van der Waals surface area contributed by atoms with Crippen molar-refractivity contribution in [3.8, 4) is 0 Å². The zero-order chi connectivity index (χ0) is 14.8. The molecule has 3 rings (SSSR count). The minimum Gasteiger partial charge on any atom is -0.337 e. The highest BCUT2D eigenvalue weighted by Gasteiger charge is 2.24. The molecular formula is C15H21N5O. The molecule has 0 aromatic carbocycles. The van der Waals surface area contributed by atoms with Crippen molar-refractivity contribution in [1.82, 2.24) is 24.4 Å². The number of aryl methyl sites for hydroxylation is 2. The fourth-order valence-electron chi connectivity index (χ4n) is 2.97. The zero-order valence-corrected chi connectivity index (χ0v) is 12.5. The van der Waals surface area contributed by atoms with E-state index in [4.69, 9.17) is 0 Å². The van der Waals surface area contributed by atoms with E-state index in [0.717, 1.165) is 49.8 Å². The number of nitrogens with one attached hydrogen (secondary N) is 1. The van der Waals surface area contributed by atoms with Gasteiger partial charge in [-0.2, -0.15) is 0 Å². The van der Waals surface area contributed by atoms with Crippen LogP contribution in [-0.2, 0) is 13.6 Å². The van der Waals surface area contributed by atoms with Gasteiger partial charge < -0.3 is 9.55 Å².